The van der Waals surface area contributed by atoms with Crippen molar-refractivity contribution in [3.63, 3.8) is 0 Å². The maximum absolute atomic E-state index is 12.7. The van der Waals surface area contributed by atoms with E-state index in [2.05, 4.69) is 4.98 Å². The summed E-state index contributed by atoms with van der Waals surface area (Å²) in [6, 6.07) is 3.41. The second-order valence-corrected chi connectivity index (χ2v) is 7.28. The lowest BCUT2D eigenvalue weighted by Crippen LogP contribution is -2.51. The van der Waals surface area contributed by atoms with Gasteiger partial charge in [-0.15, -0.1) is 0 Å². The fourth-order valence-corrected chi connectivity index (χ4v) is 5.27. The van der Waals surface area contributed by atoms with Gasteiger partial charge in [0.25, 0.3) is 0 Å². The van der Waals surface area contributed by atoms with Crippen molar-refractivity contribution in [1.82, 2.24) is 4.98 Å². The van der Waals surface area contributed by atoms with Crippen molar-refractivity contribution in [3.05, 3.63) is 24.0 Å². The third-order valence-electron chi connectivity index (χ3n) is 5.78. The van der Waals surface area contributed by atoms with E-state index in [-0.39, 0.29) is 17.8 Å². The zero-order valence-corrected chi connectivity index (χ0v) is 12.1. The van der Waals surface area contributed by atoms with E-state index in [0.717, 1.165) is 37.0 Å². The molecule has 0 spiro atoms. The molecule has 4 aliphatic rings. The van der Waals surface area contributed by atoms with E-state index in [0.29, 0.717) is 5.69 Å². The first-order valence-electron chi connectivity index (χ1n) is 7.98. The van der Waals surface area contributed by atoms with Gasteiger partial charge >= 0.3 is 5.97 Å². The van der Waals surface area contributed by atoms with Crippen LogP contribution in [-0.4, -0.2) is 23.3 Å². The third kappa shape index (κ3) is 2.21. The van der Waals surface area contributed by atoms with Crippen molar-refractivity contribution in [1.29, 1.82) is 0 Å². The second kappa shape index (κ2) is 4.72. The number of esters is 1. The molecule has 4 aliphatic carbocycles. The van der Waals surface area contributed by atoms with Crippen LogP contribution in [-0.2, 0) is 9.53 Å². The summed E-state index contributed by atoms with van der Waals surface area (Å²) in [4.78, 5) is 27.3. The topological polar surface area (TPSA) is 59.2 Å². The van der Waals surface area contributed by atoms with Crippen LogP contribution < -0.4 is 0 Å². The number of rotatable bonds is 4. The van der Waals surface area contributed by atoms with Crippen molar-refractivity contribution >= 4 is 11.8 Å². The first kappa shape index (κ1) is 13.1. The predicted molar refractivity (Wildman–Crippen MR) is 76.7 cm³/mol. The largest absolute Gasteiger partial charge is 0.453 e. The van der Waals surface area contributed by atoms with E-state index in [9.17, 15) is 9.59 Å². The van der Waals surface area contributed by atoms with Gasteiger partial charge in [0.15, 0.2) is 12.4 Å². The SMILES string of the molecule is O=C(OCC(=O)C12CC3CC(CC(C3)C1)C2)c1ccc[nH]1. The normalized spacial score (nSPS) is 36.7. The summed E-state index contributed by atoms with van der Waals surface area (Å²) < 4.78 is 5.22. The molecular formula is C17H21NO3. The summed E-state index contributed by atoms with van der Waals surface area (Å²) >= 11 is 0. The van der Waals surface area contributed by atoms with Crippen molar-refractivity contribution in [2.45, 2.75) is 38.5 Å². The average molecular weight is 287 g/mol. The smallest absolute Gasteiger partial charge is 0.355 e. The second-order valence-electron chi connectivity index (χ2n) is 7.28. The summed E-state index contributed by atoms with van der Waals surface area (Å²) in [5, 5.41) is 0. The molecule has 4 bridgehead atoms. The summed E-state index contributed by atoms with van der Waals surface area (Å²) in [6.07, 6.45) is 8.70. The highest BCUT2D eigenvalue weighted by Crippen LogP contribution is 2.60. The number of hydrogen-bond donors (Lipinski definition) is 1. The number of carbonyl (C=O) groups excluding carboxylic acids is 2. The molecule has 21 heavy (non-hydrogen) atoms. The van der Waals surface area contributed by atoms with Gasteiger partial charge < -0.3 is 9.72 Å². The van der Waals surface area contributed by atoms with Crippen LogP contribution in [0.4, 0.5) is 0 Å². The van der Waals surface area contributed by atoms with Crippen LogP contribution in [0.15, 0.2) is 18.3 Å². The zero-order chi connectivity index (χ0) is 14.4. The van der Waals surface area contributed by atoms with E-state index in [1.54, 1.807) is 18.3 Å². The van der Waals surface area contributed by atoms with Gasteiger partial charge in [0.1, 0.15) is 5.69 Å². The molecule has 1 N–H and O–H groups in total. The van der Waals surface area contributed by atoms with Crippen LogP contribution in [0.1, 0.15) is 49.0 Å². The maximum Gasteiger partial charge on any atom is 0.355 e. The fraction of sp³-hybridized carbons (Fsp3) is 0.647. The first-order valence-corrected chi connectivity index (χ1v) is 7.98. The van der Waals surface area contributed by atoms with Crippen LogP contribution >= 0.6 is 0 Å². The lowest BCUT2D eigenvalue weighted by Gasteiger charge is -2.55. The van der Waals surface area contributed by atoms with Gasteiger partial charge in [-0.2, -0.15) is 0 Å². The molecule has 4 nitrogen and oxygen atoms in total. The van der Waals surface area contributed by atoms with Gasteiger partial charge in [-0.3, -0.25) is 4.79 Å². The average Bonchev–Trinajstić information content (AvgIpc) is 2.97. The number of nitrogens with one attached hydrogen (secondary N) is 1. The Kier molecular flexibility index (Phi) is 2.95. The van der Waals surface area contributed by atoms with Crippen molar-refractivity contribution < 1.29 is 14.3 Å². The number of H-pyrrole nitrogens is 1. The summed E-state index contributed by atoms with van der Waals surface area (Å²) in [5.74, 6) is 1.93. The minimum absolute atomic E-state index is 0.0655. The van der Waals surface area contributed by atoms with Crippen LogP contribution in [0.25, 0.3) is 0 Å². The van der Waals surface area contributed by atoms with Crippen LogP contribution in [0.2, 0.25) is 0 Å². The maximum atomic E-state index is 12.7. The van der Waals surface area contributed by atoms with Gasteiger partial charge in [0.05, 0.1) is 0 Å². The van der Waals surface area contributed by atoms with E-state index in [4.69, 9.17) is 4.74 Å². The number of ether oxygens (including phenoxy) is 1. The number of aromatic amines is 1. The fourth-order valence-electron chi connectivity index (χ4n) is 5.27. The van der Waals surface area contributed by atoms with Crippen LogP contribution in [0.3, 0.4) is 0 Å². The number of Topliss-reactive ketones (excluding diaryl/α,β-unsaturated/α-hetero) is 1. The first-order chi connectivity index (χ1) is 10.1. The van der Waals surface area contributed by atoms with Gasteiger partial charge in [-0.1, -0.05) is 0 Å². The zero-order valence-electron chi connectivity index (χ0n) is 12.1. The van der Waals surface area contributed by atoms with E-state index in [1.165, 1.54) is 19.3 Å². The van der Waals surface area contributed by atoms with Gasteiger partial charge in [0.2, 0.25) is 0 Å². The van der Waals surface area contributed by atoms with Crippen LogP contribution in [0.5, 0.6) is 0 Å². The Balaban J connectivity index is 1.42. The van der Waals surface area contributed by atoms with Crippen LogP contribution in [0, 0.1) is 23.2 Å². The molecule has 0 saturated heterocycles. The van der Waals surface area contributed by atoms with Gasteiger partial charge in [-0.05, 0) is 68.4 Å². The predicted octanol–water partition coefficient (Wildman–Crippen LogP) is 2.96. The third-order valence-corrected chi connectivity index (χ3v) is 5.78. The lowest BCUT2D eigenvalue weighted by atomic mass is 9.48. The molecule has 1 heterocycles. The highest BCUT2D eigenvalue weighted by molar-refractivity contribution is 5.92. The Labute approximate surface area is 124 Å². The summed E-state index contributed by atoms with van der Waals surface area (Å²) in [7, 11) is 0. The molecule has 4 fully saturated rings. The number of carbonyl (C=O) groups is 2. The molecule has 4 heteroatoms. The van der Waals surface area contributed by atoms with Crippen molar-refractivity contribution in [2.24, 2.45) is 23.2 Å². The molecule has 5 rings (SSSR count). The molecule has 0 unspecified atom stereocenters. The number of aromatic nitrogens is 1. The summed E-state index contributed by atoms with van der Waals surface area (Å²) in [6.45, 7) is -0.0655. The van der Waals surface area contributed by atoms with Gasteiger partial charge in [0, 0.05) is 11.6 Å². The molecule has 1 aromatic heterocycles. The molecule has 1 aromatic rings. The number of ketones is 1. The van der Waals surface area contributed by atoms with Gasteiger partial charge in [-0.25, -0.2) is 4.79 Å². The van der Waals surface area contributed by atoms with Crippen molar-refractivity contribution in [3.8, 4) is 0 Å². The van der Waals surface area contributed by atoms with E-state index < -0.39 is 5.97 Å². The highest BCUT2D eigenvalue weighted by atomic mass is 16.5. The Morgan fingerprint density at radius 1 is 1.14 bits per heavy atom. The lowest BCUT2D eigenvalue weighted by molar-refractivity contribution is -0.147. The van der Waals surface area contributed by atoms with E-state index in [1.807, 2.05) is 0 Å². The Morgan fingerprint density at radius 3 is 2.29 bits per heavy atom. The molecule has 4 saturated carbocycles. The summed E-state index contributed by atoms with van der Waals surface area (Å²) in [5.41, 5.74) is 0.235. The molecule has 0 aliphatic heterocycles. The minimum Gasteiger partial charge on any atom is -0.453 e. The van der Waals surface area contributed by atoms with E-state index >= 15 is 0 Å². The minimum atomic E-state index is -0.432. The van der Waals surface area contributed by atoms with Crippen molar-refractivity contribution in [2.75, 3.05) is 6.61 Å². The Morgan fingerprint density at radius 2 is 1.76 bits per heavy atom. The Bertz CT molecular complexity index is 525. The molecule has 0 amide bonds. The molecular weight excluding hydrogens is 266 g/mol. The molecule has 112 valence electrons. The highest BCUT2D eigenvalue weighted by Gasteiger charge is 2.54. The number of hydrogen-bond acceptors (Lipinski definition) is 3. The quantitative estimate of drug-likeness (QED) is 0.866. The monoisotopic (exact) mass is 287 g/mol. The molecule has 0 atom stereocenters. The molecule has 0 radical (unpaired) electrons. The molecule has 0 aromatic carbocycles. The Hall–Kier alpha value is -1.58. The standard InChI is InChI=1S/C17H21NO3/c19-15(10-21-16(20)14-2-1-3-18-14)17-7-11-4-12(8-17)6-13(5-11)9-17/h1-3,11-13,18H,4-10H2.